The van der Waals surface area contributed by atoms with Crippen molar-refractivity contribution in [2.24, 2.45) is 47.2 Å². The van der Waals surface area contributed by atoms with Crippen LogP contribution in [0.3, 0.4) is 0 Å². The van der Waals surface area contributed by atoms with Crippen molar-refractivity contribution in [2.75, 3.05) is 26.2 Å². The van der Waals surface area contributed by atoms with E-state index in [4.69, 9.17) is 5.73 Å². The lowest BCUT2D eigenvalue weighted by Gasteiger charge is -2.29. The summed E-state index contributed by atoms with van der Waals surface area (Å²) in [4.78, 5) is 105. The second kappa shape index (κ2) is 19.6. The molecule has 2 aliphatic heterocycles. The smallest absolute Gasteiger partial charge is 0.226 e. The number of amides is 8. The van der Waals surface area contributed by atoms with Gasteiger partial charge in [-0.05, 0) is 64.2 Å². The predicted molar refractivity (Wildman–Crippen MR) is 218 cm³/mol. The minimum Gasteiger partial charge on any atom is -0.369 e. The van der Waals surface area contributed by atoms with Gasteiger partial charge in [0.2, 0.25) is 47.3 Å². The SMILES string of the molecule is CC(=O)NC1CCCC1C(=O)NC1CCCC1C(=O)NC1CNCC1C(=O)NC1CCCC1C(=O)NC1CNCC1C(=O)NC1CCCC1C(=O)NC1CCCC1C(N)=O. The van der Waals surface area contributed by atoms with Gasteiger partial charge in [-0.1, -0.05) is 32.1 Å². The van der Waals surface area contributed by atoms with E-state index in [0.717, 1.165) is 38.5 Å². The molecule has 18 nitrogen and oxygen atoms in total. The number of carbonyl (C=O) groups excluding carboxylic acids is 8. The Morgan fingerprint density at radius 3 is 0.933 bits per heavy atom. The molecule has 2 saturated heterocycles. The molecule has 8 amide bonds. The van der Waals surface area contributed by atoms with Crippen LogP contribution in [0.15, 0.2) is 0 Å². The van der Waals surface area contributed by atoms with Crippen molar-refractivity contribution in [3.8, 4) is 0 Å². The van der Waals surface area contributed by atoms with Gasteiger partial charge in [0.15, 0.2) is 0 Å². The highest BCUT2D eigenvalue weighted by molar-refractivity contribution is 5.88. The maximum atomic E-state index is 13.8. The normalized spacial score (nSPS) is 37.3. The quantitative estimate of drug-likeness (QED) is 0.0950. The molecular weight excluding hydrogens is 773 g/mol. The number of hydrogen-bond acceptors (Lipinski definition) is 10. The molecule has 0 aromatic heterocycles. The van der Waals surface area contributed by atoms with E-state index >= 15 is 0 Å². The van der Waals surface area contributed by atoms with E-state index < -0.39 is 53.6 Å². The van der Waals surface area contributed by atoms with Crippen LogP contribution in [-0.2, 0) is 38.4 Å². The zero-order valence-electron chi connectivity index (χ0n) is 34.9. The van der Waals surface area contributed by atoms with Crippen molar-refractivity contribution < 1.29 is 38.4 Å². The molecule has 14 unspecified atom stereocenters. The highest BCUT2D eigenvalue weighted by Crippen LogP contribution is 2.32. The molecule has 7 rings (SSSR count). The first kappa shape index (κ1) is 43.8. The Morgan fingerprint density at radius 1 is 0.350 bits per heavy atom. The van der Waals surface area contributed by atoms with Crippen LogP contribution in [-0.4, -0.2) is 116 Å². The van der Waals surface area contributed by atoms with Crippen LogP contribution < -0.4 is 53.6 Å². The zero-order valence-corrected chi connectivity index (χ0v) is 34.9. The second-order valence-electron chi connectivity index (χ2n) is 18.6. The van der Waals surface area contributed by atoms with Crippen LogP contribution >= 0.6 is 0 Å². The van der Waals surface area contributed by atoms with E-state index in [-0.39, 0.29) is 77.4 Å². The lowest BCUT2D eigenvalue weighted by atomic mass is 9.95. The van der Waals surface area contributed by atoms with Crippen molar-refractivity contribution in [3.63, 3.8) is 0 Å². The first-order chi connectivity index (χ1) is 28.9. The lowest BCUT2D eigenvalue weighted by molar-refractivity contribution is -0.131. The molecule has 5 saturated carbocycles. The minimum atomic E-state index is -0.541. The van der Waals surface area contributed by atoms with Crippen molar-refractivity contribution in [2.45, 2.75) is 146 Å². The Labute approximate surface area is 351 Å². The van der Waals surface area contributed by atoms with Crippen LogP contribution in [0.25, 0.3) is 0 Å². The van der Waals surface area contributed by atoms with E-state index in [0.29, 0.717) is 84.0 Å². The maximum Gasteiger partial charge on any atom is 0.226 e. The Bertz CT molecular complexity index is 1660. The first-order valence-corrected chi connectivity index (χ1v) is 22.7. The number of nitrogens with one attached hydrogen (secondary N) is 9. The highest BCUT2D eigenvalue weighted by Gasteiger charge is 2.45. The van der Waals surface area contributed by atoms with E-state index in [9.17, 15) is 38.4 Å². The number of primary amides is 1. The molecule has 5 aliphatic carbocycles. The van der Waals surface area contributed by atoms with Crippen molar-refractivity contribution in [1.82, 2.24) is 47.9 Å². The summed E-state index contributed by atoms with van der Waals surface area (Å²) in [5, 5.41) is 28.0. The fourth-order valence-electron chi connectivity index (χ4n) is 11.5. The molecule has 18 heteroatoms. The third-order valence-corrected chi connectivity index (χ3v) is 14.7. The molecule has 0 aromatic rings. The Hall–Kier alpha value is -4.32. The molecule has 0 spiro atoms. The van der Waals surface area contributed by atoms with E-state index in [1.54, 1.807) is 0 Å². The number of carbonyl (C=O) groups is 8. The molecule has 11 N–H and O–H groups in total. The van der Waals surface area contributed by atoms with Gasteiger partial charge in [-0.25, -0.2) is 0 Å². The van der Waals surface area contributed by atoms with Crippen molar-refractivity contribution in [1.29, 1.82) is 0 Å². The van der Waals surface area contributed by atoms with Gasteiger partial charge in [0, 0.05) is 63.3 Å². The van der Waals surface area contributed by atoms with Gasteiger partial charge < -0.3 is 53.6 Å². The molecule has 60 heavy (non-hydrogen) atoms. The fraction of sp³-hybridized carbons (Fsp3) is 0.810. The summed E-state index contributed by atoms with van der Waals surface area (Å²) in [5.41, 5.74) is 5.56. The highest BCUT2D eigenvalue weighted by atomic mass is 16.2. The largest absolute Gasteiger partial charge is 0.369 e. The van der Waals surface area contributed by atoms with Crippen LogP contribution in [0.5, 0.6) is 0 Å². The summed E-state index contributed by atoms with van der Waals surface area (Å²) >= 11 is 0. The fourth-order valence-corrected chi connectivity index (χ4v) is 11.5. The van der Waals surface area contributed by atoms with Gasteiger partial charge in [-0.3, -0.25) is 38.4 Å². The summed E-state index contributed by atoms with van der Waals surface area (Å²) in [6.45, 7) is 3.04. The monoisotopic (exact) mass is 839 g/mol. The van der Waals surface area contributed by atoms with Gasteiger partial charge in [-0.15, -0.1) is 0 Å². The summed E-state index contributed by atoms with van der Waals surface area (Å²) in [7, 11) is 0. The maximum absolute atomic E-state index is 13.8. The van der Waals surface area contributed by atoms with Crippen molar-refractivity contribution in [3.05, 3.63) is 0 Å². The first-order valence-electron chi connectivity index (χ1n) is 22.7. The van der Waals surface area contributed by atoms with Crippen LogP contribution in [0.1, 0.15) is 103 Å². The van der Waals surface area contributed by atoms with Crippen molar-refractivity contribution >= 4 is 47.3 Å². The molecule has 14 atom stereocenters. The van der Waals surface area contributed by atoms with Gasteiger partial charge in [0.1, 0.15) is 0 Å². The topological polar surface area (TPSA) is 271 Å². The van der Waals surface area contributed by atoms with E-state index in [1.807, 2.05) is 0 Å². The summed E-state index contributed by atoms with van der Waals surface area (Å²) in [6.07, 6.45) is 10.7. The summed E-state index contributed by atoms with van der Waals surface area (Å²) in [5.74, 6) is -4.78. The molecule has 7 aliphatic rings. The standard InChI is InChI=1S/C42H66N10O8/c1-21(53)46-30-13-3-8-23(30)37(55)48-31-14-5-10-25(31)39(57)51-34-19-45-18-28(34)42(60)50-33-16-6-11-26(33)40(58)52-35-20-44-17-27(35)41(59)49-32-15-4-9-24(32)38(56)47-29-12-2-7-22(29)36(43)54/h22-35,44-45H,2-20H2,1H3,(H2,43,54)(H,46,53)(H,47,56)(H,48,55)(H,49,59)(H,50,60)(H,51,57)(H,52,58). The Balaban J connectivity index is 0.879. The van der Waals surface area contributed by atoms with Crippen LogP contribution in [0, 0.1) is 41.4 Å². The zero-order chi connectivity index (χ0) is 42.5. The van der Waals surface area contributed by atoms with Gasteiger partial charge in [0.25, 0.3) is 0 Å². The summed E-state index contributed by atoms with van der Waals surface area (Å²) in [6, 6.07) is -2.45. The number of nitrogens with two attached hydrogens (primary N) is 1. The number of hydrogen-bond donors (Lipinski definition) is 10. The molecule has 7 fully saturated rings. The third kappa shape index (κ3) is 10.1. The Kier molecular flexibility index (Phi) is 14.3. The average Bonchev–Trinajstić information content (AvgIpc) is 4.05. The van der Waals surface area contributed by atoms with Gasteiger partial charge in [0.05, 0.1) is 53.5 Å². The molecule has 2 heterocycles. The van der Waals surface area contributed by atoms with Crippen LogP contribution in [0.2, 0.25) is 0 Å². The van der Waals surface area contributed by atoms with E-state index in [1.165, 1.54) is 6.92 Å². The average molecular weight is 839 g/mol. The number of rotatable bonds is 14. The van der Waals surface area contributed by atoms with E-state index in [2.05, 4.69) is 47.9 Å². The minimum absolute atomic E-state index is 0.130. The second-order valence-corrected chi connectivity index (χ2v) is 18.6. The molecule has 332 valence electrons. The molecule has 0 aromatic carbocycles. The predicted octanol–water partition coefficient (Wildman–Crippen LogP) is -1.68. The summed E-state index contributed by atoms with van der Waals surface area (Å²) < 4.78 is 0. The lowest BCUT2D eigenvalue weighted by Crippen LogP contribution is -2.55. The molecular formula is C42H66N10O8. The Morgan fingerprint density at radius 2 is 0.617 bits per heavy atom. The van der Waals surface area contributed by atoms with Gasteiger partial charge >= 0.3 is 0 Å². The van der Waals surface area contributed by atoms with Gasteiger partial charge in [-0.2, -0.15) is 0 Å². The third-order valence-electron chi connectivity index (χ3n) is 14.7. The van der Waals surface area contributed by atoms with Crippen LogP contribution in [0.4, 0.5) is 0 Å². The molecule has 0 radical (unpaired) electrons. The molecule has 0 bridgehead atoms.